The maximum atomic E-state index is 12.0. The van der Waals surface area contributed by atoms with E-state index in [4.69, 9.17) is 14.6 Å². The predicted molar refractivity (Wildman–Crippen MR) is 76.6 cm³/mol. The smallest absolute Gasteiger partial charge is 0.307 e. The number of carbonyl (C=O) groups is 2. The van der Waals surface area contributed by atoms with Gasteiger partial charge < -0.3 is 19.9 Å². The van der Waals surface area contributed by atoms with E-state index in [0.717, 1.165) is 6.42 Å². The molecule has 0 saturated heterocycles. The highest BCUT2D eigenvalue weighted by atomic mass is 16.5. The van der Waals surface area contributed by atoms with E-state index in [2.05, 4.69) is 5.32 Å². The number of carboxylic acid groups (broad SMARTS) is 1. The average Bonchev–Trinajstić information content (AvgIpc) is 2.70. The Morgan fingerprint density at radius 2 is 1.81 bits per heavy atom. The lowest BCUT2D eigenvalue weighted by atomic mass is 9.95. The van der Waals surface area contributed by atoms with Crippen molar-refractivity contribution < 1.29 is 24.2 Å². The van der Waals surface area contributed by atoms with Crippen molar-refractivity contribution in [1.29, 1.82) is 0 Å². The second-order valence-electron chi connectivity index (χ2n) is 5.12. The highest BCUT2D eigenvalue weighted by Crippen LogP contribution is 2.32. The van der Waals surface area contributed by atoms with E-state index in [1.807, 2.05) is 0 Å². The summed E-state index contributed by atoms with van der Waals surface area (Å²) >= 11 is 0. The van der Waals surface area contributed by atoms with Gasteiger partial charge in [0.05, 0.1) is 19.1 Å². The summed E-state index contributed by atoms with van der Waals surface area (Å²) in [7, 11) is 0. The van der Waals surface area contributed by atoms with Crippen molar-refractivity contribution in [2.45, 2.75) is 20.3 Å². The van der Waals surface area contributed by atoms with Crippen LogP contribution in [0.3, 0.4) is 0 Å². The third kappa shape index (κ3) is 3.65. The zero-order chi connectivity index (χ0) is 15.4. The summed E-state index contributed by atoms with van der Waals surface area (Å²) in [5.41, 5.74) is 0.564. The van der Waals surface area contributed by atoms with Gasteiger partial charge in [-0.25, -0.2) is 0 Å². The first-order valence-corrected chi connectivity index (χ1v) is 6.92. The standard InChI is InChI=1S/C15H19NO5/c1-9(10(2)15(18)19)14(17)16-11-4-5-12-13(8-11)21-7-3-6-20-12/h4-5,8-10H,3,6-7H2,1-2H3,(H,16,17)(H,18,19). The largest absolute Gasteiger partial charge is 0.490 e. The minimum absolute atomic E-state index is 0.334. The molecule has 0 saturated carbocycles. The highest BCUT2D eigenvalue weighted by Gasteiger charge is 2.26. The van der Waals surface area contributed by atoms with Crippen molar-refractivity contribution in [3.63, 3.8) is 0 Å². The topological polar surface area (TPSA) is 84.9 Å². The monoisotopic (exact) mass is 293 g/mol. The Hall–Kier alpha value is -2.24. The van der Waals surface area contributed by atoms with Gasteiger partial charge in [-0.3, -0.25) is 9.59 Å². The Bertz CT molecular complexity index is 543. The molecule has 2 atom stereocenters. The molecule has 6 nitrogen and oxygen atoms in total. The number of amides is 1. The molecule has 0 aliphatic carbocycles. The molecule has 2 rings (SSSR count). The first-order chi connectivity index (χ1) is 9.99. The van der Waals surface area contributed by atoms with Crippen molar-refractivity contribution in [2.24, 2.45) is 11.8 Å². The van der Waals surface area contributed by atoms with Crippen LogP contribution >= 0.6 is 0 Å². The van der Waals surface area contributed by atoms with Gasteiger partial charge in [0, 0.05) is 24.1 Å². The van der Waals surface area contributed by atoms with Crippen LogP contribution in [0.1, 0.15) is 20.3 Å². The van der Waals surface area contributed by atoms with Crippen LogP contribution in [0.5, 0.6) is 11.5 Å². The molecule has 6 heteroatoms. The van der Waals surface area contributed by atoms with E-state index >= 15 is 0 Å². The van der Waals surface area contributed by atoms with E-state index in [1.54, 1.807) is 25.1 Å². The minimum atomic E-state index is -0.990. The number of carboxylic acids is 1. The lowest BCUT2D eigenvalue weighted by Gasteiger charge is -2.16. The SMILES string of the molecule is CC(C(=O)O)C(C)C(=O)Nc1ccc2c(c1)OCCCO2. The van der Waals surface area contributed by atoms with Crippen molar-refractivity contribution in [3.8, 4) is 11.5 Å². The number of ether oxygens (including phenoxy) is 2. The van der Waals surface area contributed by atoms with Crippen LogP contribution < -0.4 is 14.8 Å². The number of hydrogen-bond donors (Lipinski definition) is 2. The average molecular weight is 293 g/mol. The molecule has 1 heterocycles. The first kappa shape index (κ1) is 15.2. The molecule has 0 bridgehead atoms. The quantitative estimate of drug-likeness (QED) is 0.888. The van der Waals surface area contributed by atoms with Crippen molar-refractivity contribution in [1.82, 2.24) is 0 Å². The van der Waals surface area contributed by atoms with Gasteiger partial charge in [0.1, 0.15) is 0 Å². The molecule has 2 unspecified atom stereocenters. The van der Waals surface area contributed by atoms with Crippen LogP contribution in [0.25, 0.3) is 0 Å². The summed E-state index contributed by atoms with van der Waals surface area (Å²) in [6.07, 6.45) is 0.809. The van der Waals surface area contributed by atoms with Gasteiger partial charge in [-0.1, -0.05) is 13.8 Å². The molecule has 1 amide bonds. The summed E-state index contributed by atoms with van der Waals surface area (Å²) in [4.78, 5) is 23.0. The van der Waals surface area contributed by atoms with Gasteiger partial charge in [0.2, 0.25) is 5.91 Å². The van der Waals surface area contributed by atoms with Gasteiger partial charge in [-0.15, -0.1) is 0 Å². The molecule has 0 radical (unpaired) electrons. The second-order valence-corrected chi connectivity index (χ2v) is 5.12. The fourth-order valence-electron chi connectivity index (χ4n) is 1.94. The Kier molecular flexibility index (Phi) is 4.67. The van der Waals surface area contributed by atoms with Crippen molar-refractivity contribution in [3.05, 3.63) is 18.2 Å². The number of anilines is 1. The fraction of sp³-hybridized carbons (Fsp3) is 0.467. The molecular weight excluding hydrogens is 274 g/mol. The molecular formula is C15H19NO5. The van der Waals surface area contributed by atoms with Gasteiger partial charge in [0.25, 0.3) is 0 Å². The van der Waals surface area contributed by atoms with E-state index in [-0.39, 0.29) is 5.91 Å². The molecule has 2 N–H and O–H groups in total. The van der Waals surface area contributed by atoms with Crippen LogP contribution in [0.15, 0.2) is 18.2 Å². The number of carbonyl (C=O) groups excluding carboxylic acids is 1. The summed E-state index contributed by atoms with van der Waals surface area (Å²) in [5.74, 6) is -1.46. The molecule has 0 fully saturated rings. The van der Waals surface area contributed by atoms with Crippen molar-refractivity contribution in [2.75, 3.05) is 18.5 Å². The Morgan fingerprint density at radius 3 is 2.48 bits per heavy atom. The summed E-state index contributed by atoms with van der Waals surface area (Å²) in [6, 6.07) is 5.14. The summed E-state index contributed by atoms with van der Waals surface area (Å²) in [5, 5.41) is 11.7. The fourth-order valence-corrected chi connectivity index (χ4v) is 1.94. The number of benzene rings is 1. The van der Waals surface area contributed by atoms with Gasteiger partial charge in [0.15, 0.2) is 11.5 Å². The van der Waals surface area contributed by atoms with Crippen LogP contribution in [0.4, 0.5) is 5.69 Å². The molecule has 114 valence electrons. The molecule has 21 heavy (non-hydrogen) atoms. The number of nitrogens with one attached hydrogen (secondary N) is 1. The predicted octanol–water partition coefficient (Wildman–Crippen LogP) is 2.14. The first-order valence-electron chi connectivity index (χ1n) is 6.92. The lowest BCUT2D eigenvalue weighted by molar-refractivity contribution is -0.145. The summed E-state index contributed by atoms with van der Waals surface area (Å²) < 4.78 is 11.1. The molecule has 1 aliphatic heterocycles. The van der Waals surface area contributed by atoms with Gasteiger partial charge in [-0.2, -0.15) is 0 Å². The molecule has 1 aromatic carbocycles. The lowest BCUT2D eigenvalue weighted by Crippen LogP contribution is -2.29. The number of hydrogen-bond acceptors (Lipinski definition) is 4. The van der Waals surface area contributed by atoms with Gasteiger partial charge in [-0.05, 0) is 12.1 Å². The van der Waals surface area contributed by atoms with Crippen LogP contribution in [0.2, 0.25) is 0 Å². The summed E-state index contributed by atoms with van der Waals surface area (Å²) in [6.45, 7) is 4.28. The Balaban J connectivity index is 2.07. The Labute approximate surface area is 123 Å². The number of aliphatic carboxylic acids is 1. The molecule has 0 spiro atoms. The van der Waals surface area contributed by atoms with E-state index in [1.165, 1.54) is 6.92 Å². The number of rotatable bonds is 4. The maximum Gasteiger partial charge on any atom is 0.307 e. The zero-order valence-corrected chi connectivity index (χ0v) is 12.1. The van der Waals surface area contributed by atoms with E-state index < -0.39 is 17.8 Å². The molecule has 0 aromatic heterocycles. The van der Waals surface area contributed by atoms with Crippen LogP contribution in [0, 0.1) is 11.8 Å². The van der Waals surface area contributed by atoms with Gasteiger partial charge >= 0.3 is 5.97 Å². The maximum absolute atomic E-state index is 12.0. The van der Waals surface area contributed by atoms with E-state index in [0.29, 0.717) is 30.4 Å². The van der Waals surface area contributed by atoms with Crippen LogP contribution in [-0.2, 0) is 9.59 Å². The van der Waals surface area contributed by atoms with E-state index in [9.17, 15) is 9.59 Å². The number of fused-ring (bicyclic) bond motifs is 1. The Morgan fingerprint density at radius 1 is 1.14 bits per heavy atom. The third-order valence-corrected chi connectivity index (χ3v) is 3.57. The second kappa shape index (κ2) is 6.47. The van der Waals surface area contributed by atoms with Crippen LogP contribution in [-0.4, -0.2) is 30.2 Å². The third-order valence-electron chi connectivity index (χ3n) is 3.57. The zero-order valence-electron chi connectivity index (χ0n) is 12.1. The molecule has 1 aromatic rings. The van der Waals surface area contributed by atoms with Crippen molar-refractivity contribution >= 4 is 17.6 Å². The highest BCUT2D eigenvalue weighted by molar-refractivity contribution is 5.95. The minimum Gasteiger partial charge on any atom is -0.490 e. The normalized spacial score (nSPS) is 16.5. The molecule has 1 aliphatic rings.